The molecule has 2 aromatic carbocycles. The number of aromatic carboxylic acids is 1. The number of aromatic nitrogens is 1. The largest absolute Gasteiger partial charge is 0.495 e. The topological polar surface area (TPSA) is 71.5 Å². The second-order valence-corrected chi connectivity index (χ2v) is 7.30. The van der Waals surface area contributed by atoms with Crippen molar-refractivity contribution in [2.45, 2.75) is 5.03 Å². The average molecular weight is 417 g/mol. The van der Waals surface area contributed by atoms with Gasteiger partial charge in [0.15, 0.2) is 5.01 Å². The predicted molar refractivity (Wildman–Crippen MR) is 109 cm³/mol. The number of hydrogen-bond acceptors (Lipinski definition) is 6. The number of anilines is 1. The summed E-state index contributed by atoms with van der Waals surface area (Å²) >= 11 is 8.68. The number of carboxylic acid groups (broad SMARTS) is 1. The van der Waals surface area contributed by atoms with Gasteiger partial charge in [0, 0.05) is 27.9 Å². The molecule has 0 atom stereocenters. The van der Waals surface area contributed by atoms with Gasteiger partial charge in [0.05, 0.1) is 18.4 Å². The fourth-order valence-corrected chi connectivity index (χ4v) is 3.70. The molecule has 2 N–H and O–H groups in total. The van der Waals surface area contributed by atoms with Crippen LogP contribution in [0.5, 0.6) is 5.75 Å². The second-order valence-electron chi connectivity index (χ2n) is 5.18. The molecule has 0 aliphatic heterocycles. The number of ether oxygens (including phenoxy) is 1. The van der Waals surface area contributed by atoms with E-state index in [0.717, 1.165) is 10.6 Å². The summed E-state index contributed by atoms with van der Waals surface area (Å²) in [5, 5.41) is 13.0. The number of carboxylic acids is 1. The van der Waals surface area contributed by atoms with Crippen molar-refractivity contribution in [2.75, 3.05) is 11.8 Å². The van der Waals surface area contributed by atoms with Gasteiger partial charge in [-0.1, -0.05) is 23.6 Å². The van der Waals surface area contributed by atoms with E-state index in [1.54, 1.807) is 18.2 Å². The molecule has 0 unspecified atom stereocenters. The molecule has 3 aromatic rings. The Morgan fingerprint density at radius 2 is 2.15 bits per heavy atom. The summed E-state index contributed by atoms with van der Waals surface area (Å²) in [6.07, 6.45) is 0. The van der Waals surface area contributed by atoms with E-state index in [1.807, 2.05) is 17.5 Å². The Bertz CT molecular complexity index is 1040. The number of benzene rings is 2. The van der Waals surface area contributed by atoms with Gasteiger partial charge in [-0.2, -0.15) is 0 Å². The summed E-state index contributed by atoms with van der Waals surface area (Å²) < 4.78 is 8.36. The molecule has 0 spiro atoms. The lowest BCUT2D eigenvalue weighted by atomic mass is 10.2. The average Bonchev–Trinajstić information content (AvgIpc) is 3.12. The summed E-state index contributed by atoms with van der Waals surface area (Å²) in [6.45, 7) is 0. The SMILES string of the molecule is COc1cc(C(=O)O)ccc1NSc1csc(C#Cc2cccc(Cl)c2)n1. The predicted octanol–water partition coefficient (Wildman–Crippen LogP) is 5.02. The normalized spacial score (nSPS) is 10.0. The van der Waals surface area contributed by atoms with Crippen LogP contribution in [0.1, 0.15) is 20.9 Å². The molecule has 1 aromatic heterocycles. The van der Waals surface area contributed by atoms with Crippen LogP contribution in [0.4, 0.5) is 5.69 Å². The highest BCUT2D eigenvalue weighted by atomic mass is 35.5. The van der Waals surface area contributed by atoms with Gasteiger partial charge >= 0.3 is 5.97 Å². The summed E-state index contributed by atoms with van der Waals surface area (Å²) in [7, 11) is 1.49. The van der Waals surface area contributed by atoms with E-state index in [9.17, 15) is 4.79 Å². The van der Waals surface area contributed by atoms with Crippen molar-refractivity contribution in [3.63, 3.8) is 0 Å². The zero-order chi connectivity index (χ0) is 19.2. The first-order chi connectivity index (χ1) is 13.0. The third kappa shape index (κ3) is 5.17. The highest BCUT2D eigenvalue weighted by Crippen LogP contribution is 2.30. The summed E-state index contributed by atoms with van der Waals surface area (Å²) in [5.74, 6) is 5.49. The molecule has 0 aliphatic rings. The lowest BCUT2D eigenvalue weighted by molar-refractivity contribution is 0.0696. The molecule has 0 aliphatic carbocycles. The maximum atomic E-state index is 11.0. The van der Waals surface area contributed by atoms with Crippen molar-refractivity contribution in [1.82, 2.24) is 4.98 Å². The first kappa shape index (κ1) is 19.1. The van der Waals surface area contributed by atoms with Gasteiger partial charge in [0.1, 0.15) is 10.8 Å². The number of methoxy groups -OCH3 is 1. The summed E-state index contributed by atoms with van der Waals surface area (Å²) in [5.41, 5.74) is 1.65. The van der Waals surface area contributed by atoms with Crippen molar-refractivity contribution in [3.05, 3.63) is 69.0 Å². The van der Waals surface area contributed by atoms with Crippen LogP contribution >= 0.6 is 34.9 Å². The molecule has 0 bridgehead atoms. The Morgan fingerprint density at radius 3 is 2.89 bits per heavy atom. The van der Waals surface area contributed by atoms with Crippen LogP contribution in [0.25, 0.3) is 0 Å². The highest BCUT2D eigenvalue weighted by Gasteiger charge is 2.10. The van der Waals surface area contributed by atoms with E-state index in [4.69, 9.17) is 21.4 Å². The standard InChI is InChI=1S/C19H13ClN2O3S2/c1-25-16-10-13(19(23)24)6-7-15(16)22-27-18-11-26-17(21-18)8-5-12-3-2-4-14(20)9-12/h2-4,6-7,9-11,22H,1H3,(H,23,24). The molecule has 8 heteroatoms. The second kappa shape index (κ2) is 8.82. The molecule has 27 heavy (non-hydrogen) atoms. The fraction of sp³-hybridized carbons (Fsp3) is 0.0526. The van der Waals surface area contributed by atoms with E-state index in [1.165, 1.54) is 42.5 Å². The minimum absolute atomic E-state index is 0.162. The maximum Gasteiger partial charge on any atom is 0.335 e. The van der Waals surface area contributed by atoms with Crippen LogP contribution in [0.3, 0.4) is 0 Å². The Labute approximate surface area is 169 Å². The van der Waals surface area contributed by atoms with Crippen LogP contribution in [0.2, 0.25) is 5.02 Å². The Balaban J connectivity index is 1.68. The number of nitrogens with zero attached hydrogens (tertiary/aromatic N) is 1. The van der Waals surface area contributed by atoms with Gasteiger partial charge in [0.2, 0.25) is 0 Å². The minimum atomic E-state index is -1.00. The molecule has 0 fully saturated rings. The van der Waals surface area contributed by atoms with Gasteiger partial charge in [-0.25, -0.2) is 9.78 Å². The van der Waals surface area contributed by atoms with Crippen LogP contribution < -0.4 is 9.46 Å². The first-order valence-electron chi connectivity index (χ1n) is 7.62. The van der Waals surface area contributed by atoms with Crippen LogP contribution in [0, 0.1) is 11.8 Å². The number of thiazole rings is 1. The Kier molecular flexibility index (Phi) is 6.24. The first-order valence-corrected chi connectivity index (χ1v) is 9.70. The van der Waals surface area contributed by atoms with E-state index >= 15 is 0 Å². The van der Waals surface area contributed by atoms with Gasteiger partial charge < -0.3 is 14.6 Å². The van der Waals surface area contributed by atoms with Gasteiger partial charge in [0.25, 0.3) is 0 Å². The smallest absolute Gasteiger partial charge is 0.335 e. The third-order valence-corrected chi connectivity index (χ3v) is 5.22. The van der Waals surface area contributed by atoms with E-state index in [2.05, 4.69) is 21.5 Å². The number of hydrogen-bond donors (Lipinski definition) is 2. The fourth-order valence-electron chi connectivity index (χ4n) is 2.07. The highest BCUT2D eigenvalue weighted by molar-refractivity contribution is 8.00. The molecule has 136 valence electrons. The van der Waals surface area contributed by atoms with Gasteiger partial charge in [-0.15, -0.1) is 11.3 Å². The quantitative estimate of drug-likeness (QED) is 0.449. The van der Waals surface area contributed by atoms with E-state index in [0.29, 0.717) is 21.5 Å². The minimum Gasteiger partial charge on any atom is -0.495 e. The van der Waals surface area contributed by atoms with Crippen molar-refractivity contribution < 1.29 is 14.6 Å². The zero-order valence-corrected chi connectivity index (χ0v) is 16.4. The summed E-state index contributed by atoms with van der Waals surface area (Å²) in [6, 6.07) is 12.0. The molecule has 0 saturated carbocycles. The van der Waals surface area contributed by atoms with Crippen molar-refractivity contribution in [1.29, 1.82) is 0 Å². The maximum absolute atomic E-state index is 11.0. The van der Waals surface area contributed by atoms with Gasteiger partial charge in [-0.05, 0) is 42.3 Å². The van der Waals surface area contributed by atoms with Crippen molar-refractivity contribution in [2.24, 2.45) is 0 Å². The molecule has 0 radical (unpaired) electrons. The molecule has 3 rings (SSSR count). The molecule has 1 heterocycles. The number of carbonyl (C=O) groups is 1. The van der Waals surface area contributed by atoms with Crippen molar-refractivity contribution in [3.8, 4) is 17.6 Å². The number of rotatable bonds is 5. The number of halogens is 1. The molecular weight excluding hydrogens is 404 g/mol. The lowest BCUT2D eigenvalue weighted by Crippen LogP contribution is -1.99. The van der Waals surface area contributed by atoms with Crippen LogP contribution in [0.15, 0.2) is 52.9 Å². The Morgan fingerprint density at radius 1 is 1.30 bits per heavy atom. The monoisotopic (exact) mass is 416 g/mol. The van der Waals surface area contributed by atoms with E-state index in [-0.39, 0.29) is 5.56 Å². The van der Waals surface area contributed by atoms with Crippen LogP contribution in [-0.4, -0.2) is 23.2 Å². The van der Waals surface area contributed by atoms with Crippen LogP contribution in [-0.2, 0) is 0 Å². The van der Waals surface area contributed by atoms with E-state index < -0.39 is 5.97 Å². The van der Waals surface area contributed by atoms with Crippen molar-refractivity contribution >= 4 is 46.5 Å². The Hall–Kier alpha value is -2.66. The zero-order valence-electron chi connectivity index (χ0n) is 14.0. The molecule has 0 amide bonds. The molecule has 0 saturated heterocycles. The molecular formula is C19H13ClN2O3S2. The summed E-state index contributed by atoms with van der Waals surface area (Å²) in [4.78, 5) is 15.5. The van der Waals surface area contributed by atoms with Gasteiger partial charge in [-0.3, -0.25) is 0 Å². The molecule has 5 nitrogen and oxygen atoms in total. The lowest BCUT2D eigenvalue weighted by Gasteiger charge is -2.10. The number of nitrogens with one attached hydrogen (secondary N) is 1. The third-order valence-electron chi connectivity index (χ3n) is 3.34.